The Balaban J connectivity index is 1.36. The van der Waals surface area contributed by atoms with E-state index in [1.807, 2.05) is 43.5 Å². The van der Waals surface area contributed by atoms with Gasteiger partial charge in [-0.2, -0.15) is 0 Å². The van der Waals surface area contributed by atoms with Crippen LogP contribution in [-0.2, 0) is 11.3 Å². The Kier molecular flexibility index (Phi) is 7.76. The van der Waals surface area contributed by atoms with Crippen LogP contribution in [0.2, 0.25) is 0 Å². The van der Waals surface area contributed by atoms with Gasteiger partial charge in [-0.05, 0) is 32.9 Å². The van der Waals surface area contributed by atoms with E-state index < -0.39 is 17.7 Å². The van der Waals surface area contributed by atoms with E-state index in [1.54, 1.807) is 11.5 Å². The minimum absolute atomic E-state index is 0.0772. The van der Waals surface area contributed by atoms with Crippen LogP contribution in [0.15, 0.2) is 53.0 Å². The molecule has 7 nitrogen and oxygen atoms in total. The van der Waals surface area contributed by atoms with E-state index in [1.165, 1.54) is 34.7 Å². The van der Waals surface area contributed by atoms with Gasteiger partial charge in [0, 0.05) is 23.6 Å². The Morgan fingerprint density at radius 3 is 2.69 bits per heavy atom. The van der Waals surface area contributed by atoms with Gasteiger partial charge in [-0.25, -0.2) is 13.8 Å². The van der Waals surface area contributed by atoms with Gasteiger partial charge in [-0.1, -0.05) is 41.6 Å². The Hall–Kier alpha value is -3.31. The molecule has 4 aromatic rings. The van der Waals surface area contributed by atoms with Crippen LogP contribution in [0.3, 0.4) is 0 Å². The number of rotatable bonds is 9. The van der Waals surface area contributed by atoms with Gasteiger partial charge in [0.2, 0.25) is 5.91 Å². The van der Waals surface area contributed by atoms with Crippen molar-refractivity contribution in [2.24, 2.45) is 0 Å². The van der Waals surface area contributed by atoms with Gasteiger partial charge < -0.3 is 14.6 Å². The van der Waals surface area contributed by atoms with E-state index >= 15 is 0 Å². The lowest BCUT2D eigenvalue weighted by Gasteiger charge is -2.16. The molecule has 0 spiro atoms. The van der Waals surface area contributed by atoms with E-state index in [0.29, 0.717) is 22.7 Å². The third-order valence-corrected chi connectivity index (χ3v) is 6.78. The molecule has 0 saturated carbocycles. The molecule has 2 aromatic heterocycles. The second-order valence-corrected chi connectivity index (χ2v) is 9.46. The van der Waals surface area contributed by atoms with E-state index in [0.717, 1.165) is 23.4 Å². The topological polar surface area (TPSA) is 81.9 Å². The summed E-state index contributed by atoms with van der Waals surface area (Å²) in [6.45, 7) is 6.16. The number of aromatic nitrogens is 4. The molecule has 1 N–H and O–H groups in total. The number of anilines is 1. The molecule has 0 aliphatic heterocycles. The van der Waals surface area contributed by atoms with Crippen LogP contribution in [0, 0.1) is 18.6 Å². The van der Waals surface area contributed by atoms with Crippen molar-refractivity contribution in [2.45, 2.75) is 38.6 Å². The number of nitrogens with zero attached hydrogens (tertiary/aromatic N) is 4. The number of carbonyl (C=O) groups excluding carboxylic acids is 1. The number of thiazole rings is 1. The number of ether oxygens (including phenoxy) is 1. The van der Waals surface area contributed by atoms with Gasteiger partial charge in [0.05, 0.1) is 11.4 Å². The highest BCUT2D eigenvalue weighted by atomic mass is 32.2. The molecule has 2 heterocycles. The van der Waals surface area contributed by atoms with Crippen molar-refractivity contribution in [1.82, 2.24) is 19.7 Å². The molecule has 1 atom stereocenters. The maximum atomic E-state index is 14.0. The third-order valence-electron chi connectivity index (χ3n) is 5.05. The van der Waals surface area contributed by atoms with Crippen molar-refractivity contribution in [2.75, 3.05) is 11.1 Å². The summed E-state index contributed by atoms with van der Waals surface area (Å²) >= 11 is 2.59. The highest BCUT2D eigenvalue weighted by molar-refractivity contribution is 7.99. The number of benzene rings is 2. The molecule has 4 rings (SSSR count). The highest BCUT2D eigenvalue weighted by Crippen LogP contribution is 2.28. The fourth-order valence-corrected chi connectivity index (χ4v) is 4.84. The lowest BCUT2D eigenvalue weighted by Crippen LogP contribution is -2.15. The quantitative estimate of drug-likeness (QED) is 0.281. The number of carbonyl (C=O) groups is 1. The summed E-state index contributed by atoms with van der Waals surface area (Å²) in [5.41, 5.74) is 2.96. The first-order valence-electron chi connectivity index (χ1n) is 10.8. The zero-order chi connectivity index (χ0) is 24.9. The molecule has 0 fully saturated rings. The molecular weight excluding hydrogens is 492 g/mol. The van der Waals surface area contributed by atoms with E-state index in [9.17, 15) is 13.6 Å². The maximum Gasteiger partial charge on any atom is 0.236 e. The molecule has 1 unspecified atom stereocenters. The number of hydrogen-bond acceptors (Lipinski definition) is 7. The normalized spacial score (nSPS) is 11.9. The van der Waals surface area contributed by atoms with Crippen LogP contribution in [0.1, 0.15) is 31.3 Å². The first-order valence-corrected chi connectivity index (χ1v) is 12.7. The number of amides is 1. The monoisotopic (exact) mass is 515 g/mol. The number of halogens is 2. The lowest BCUT2D eigenvalue weighted by atomic mass is 10.1. The van der Waals surface area contributed by atoms with Crippen LogP contribution in [0.5, 0.6) is 5.75 Å². The molecule has 2 aromatic carbocycles. The molecule has 35 heavy (non-hydrogen) atoms. The van der Waals surface area contributed by atoms with Gasteiger partial charge in [0.1, 0.15) is 5.82 Å². The predicted octanol–water partition coefficient (Wildman–Crippen LogP) is 5.88. The highest BCUT2D eigenvalue weighted by Gasteiger charge is 2.21. The van der Waals surface area contributed by atoms with Gasteiger partial charge in [-0.15, -0.1) is 21.5 Å². The molecule has 0 aliphatic rings. The Labute approximate surface area is 209 Å². The average molecular weight is 516 g/mol. The second-order valence-electron chi connectivity index (χ2n) is 7.66. The number of thioether (sulfide) groups is 1. The first-order chi connectivity index (χ1) is 16.8. The van der Waals surface area contributed by atoms with E-state index in [2.05, 4.69) is 20.5 Å². The predicted molar refractivity (Wildman–Crippen MR) is 133 cm³/mol. The zero-order valence-electron chi connectivity index (χ0n) is 19.3. The molecule has 1 amide bonds. The Morgan fingerprint density at radius 1 is 1.20 bits per heavy atom. The minimum atomic E-state index is -0.793. The van der Waals surface area contributed by atoms with Crippen molar-refractivity contribution in [3.63, 3.8) is 0 Å². The van der Waals surface area contributed by atoms with Crippen LogP contribution < -0.4 is 10.1 Å². The Morgan fingerprint density at radius 2 is 1.97 bits per heavy atom. The third kappa shape index (κ3) is 6.04. The minimum Gasteiger partial charge on any atom is -0.480 e. The van der Waals surface area contributed by atoms with Gasteiger partial charge in [0.25, 0.3) is 0 Å². The fraction of sp³-hybridized carbons (Fsp3) is 0.250. The number of hydrogen-bond donors (Lipinski definition) is 1. The average Bonchev–Trinajstić information content (AvgIpc) is 3.47. The second kappa shape index (κ2) is 11.0. The van der Waals surface area contributed by atoms with Crippen molar-refractivity contribution >= 4 is 34.1 Å². The van der Waals surface area contributed by atoms with Gasteiger partial charge in [-0.3, -0.25) is 4.79 Å². The standard InChI is InChI=1S/C24H23F2N5O2S2/c1-4-31-22(15(3)33-20-10-9-17(25)11-18(20)26)29-30-24(31)35-13-21(32)28-23-27-19(12-34-23)16-7-5-14(2)6-8-16/h5-12,15H,4,13H2,1-3H3,(H,27,28,32). The largest absolute Gasteiger partial charge is 0.480 e. The van der Waals surface area contributed by atoms with E-state index in [-0.39, 0.29) is 17.4 Å². The van der Waals surface area contributed by atoms with Crippen LogP contribution >= 0.6 is 23.1 Å². The summed E-state index contributed by atoms with van der Waals surface area (Å²) in [5.74, 6) is -1.18. The van der Waals surface area contributed by atoms with Gasteiger partial charge >= 0.3 is 0 Å². The van der Waals surface area contributed by atoms with Crippen LogP contribution in [-0.4, -0.2) is 31.4 Å². The molecule has 0 radical (unpaired) electrons. The van der Waals surface area contributed by atoms with Crippen LogP contribution in [0.4, 0.5) is 13.9 Å². The molecule has 0 saturated heterocycles. The number of aryl methyl sites for hydroxylation is 1. The van der Waals surface area contributed by atoms with E-state index in [4.69, 9.17) is 4.74 Å². The summed E-state index contributed by atoms with van der Waals surface area (Å²) in [7, 11) is 0. The number of nitrogens with one attached hydrogen (secondary N) is 1. The SMILES string of the molecule is CCn1c(SCC(=O)Nc2nc(-c3ccc(C)cc3)cs2)nnc1C(C)Oc1ccc(F)cc1F. The van der Waals surface area contributed by atoms with Gasteiger partial charge in [0.15, 0.2) is 33.8 Å². The maximum absolute atomic E-state index is 14.0. The van der Waals surface area contributed by atoms with Crippen molar-refractivity contribution in [1.29, 1.82) is 0 Å². The van der Waals surface area contributed by atoms with Crippen molar-refractivity contribution in [3.8, 4) is 17.0 Å². The molecule has 182 valence electrons. The van der Waals surface area contributed by atoms with Crippen molar-refractivity contribution < 1.29 is 18.3 Å². The Bertz CT molecular complexity index is 1320. The summed E-state index contributed by atoms with van der Waals surface area (Å²) in [6, 6.07) is 11.1. The smallest absolute Gasteiger partial charge is 0.236 e. The molecule has 0 aliphatic carbocycles. The lowest BCUT2D eigenvalue weighted by molar-refractivity contribution is -0.113. The molecular formula is C24H23F2N5O2S2. The summed E-state index contributed by atoms with van der Waals surface area (Å²) < 4.78 is 34.5. The summed E-state index contributed by atoms with van der Waals surface area (Å²) in [5, 5.41) is 14.1. The zero-order valence-corrected chi connectivity index (χ0v) is 20.9. The van der Waals surface area contributed by atoms with Crippen LogP contribution in [0.25, 0.3) is 11.3 Å². The molecule has 11 heteroatoms. The summed E-state index contributed by atoms with van der Waals surface area (Å²) in [6.07, 6.45) is -0.638. The molecule has 0 bridgehead atoms. The fourth-order valence-electron chi connectivity index (χ4n) is 3.29. The first kappa shape index (κ1) is 24.8. The summed E-state index contributed by atoms with van der Waals surface area (Å²) in [4.78, 5) is 17.0. The van der Waals surface area contributed by atoms with Crippen molar-refractivity contribution in [3.05, 3.63) is 70.9 Å².